The Kier molecular flexibility index (Phi) is 11.1. The molecule has 1 aromatic carbocycles. The van der Waals surface area contributed by atoms with Crippen LogP contribution in [0, 0.1) is 26.7 Å². The number of aryl methyl sites for hydroxylation is 3. The number of rotatable bonds is 13. The Morgan fingerprint density at radius 1 is 0.828 bits per heavy atom. The second kappa shape index (κ2) is 13.3. The van der Waals surface area contributed by atoms with Crippen molar-refractivity contribution in [3.8, 4) is 0 Å². The van der Waals surface area contributed by atoms with Crippen LogP contribution in [-0.2, 0) is 4.57 Å². The molecular formula is C26H42O2P+. The molecule has 1 fully saturated rings. The van der Waals surface area contributed by atoms with E-state index in [0.29, 0.717) is 11.7 Å². The van der Waals surface area contributed by atoms with Crippen molar-refractivity contribution in [2.24, 2.45) is 5.92 Å². The van der Waals surface area contributed by atoms with E-state index in [1.54, 1.807) is 0 Å². The lowest BCUT2D eigenvalue weighted by Gasteiger charge is -2.21. The summed E-state index contributed by atoms with van der Waals surface area (Å²) in [5, 5.41) is 0. The van der Waals surface area contributed by atoms with Crippen molar-refractivity contribution < 1.29 is 9.36 Å². The number of benzene rings is 1. The molecule has 3 heteroatoms. The lowest BCUT2D eigenvalue weighted by atomic mass is 9.85. The Balaban J connectivity index is 1.51. The fourth-order valence-corrected chi connectivity index (χ4v) is 6.28. The Bertz CT molecular complexity index is 636. The van der Waals surface area contributed by atoms with Crippen LogP contribution < -0.4 is 0 Å². The molecule has 0 aromatic heterocycles. The predicted octanol–water partition coefficient (Wildman–Crippen LogP) is 8.67. The first kappa shape index (κ1) is 24.3. The van der Waals surface area contributed by atoms with Gasteiger partial charge in [-0.3, -0.25) is 0 Å². The van der Waals surface area contributed by atoms with Crippen molar-refractivity contribution >= 4 is 13.3 Å². The summed E-state index contributed by atoms with van der Waals surface area (Å²) in [7, 11) is -1.79. The highest BCUT2D eigenvalue weighted by Crippen LogP contribution is 2.32. The zero-order chi connectivity index (χ0) is 21.1. The molecule has 2 rings (SSSR count). The van der Waals surface area contributed by atoms with Gasteiger partial charge in [-0.25, -0.2) is 4.79 Å². The van der Waals surface area contributed by atoms with Gasteiger partial charge in [-0.05, 0) is 50.7 Å². The standard InChI is InChI=1S/C26H42O2P/c1-21-19-22(2)25(23(3)20-21)26(27)29(28)18-14-9-7-5-4-6-8-11-15-24-16-12-10-13-17-24/h19-20,24H,4-18H2,1-3H3/q+1. The fourth-order valence-electron chi connectivity index (χ4n) is 4.97. The fraction of sp³-hybridized carbons (Fsp3) is 0.731. The third-order valence-electron chi connectivity index (χ3n) is 6.57. The molecule has 162 valence electrons. The van der Waals surface area contributed by atoms with Gasteiger partial charge in [0.2, 0.25) is 0 Å². The highest BCUT2D eigenvalue weighted by molar-refractivity contribution is 7.64. The van der Waals surface area contributed by atoms with Crippen LogP contribution in [0.5, 0.6) is 0 Å². The summed E-state index contributed by atoms with van der Waals surface area (Å²) in [6, 6.07) is 4.02. The first-order valence-corrected chi connectivity index (χ1v) is 13.5. The molecule has 0 saturated heterocycles. The van der Waals surface area contributed by atoms with Crippen molar-refractivity contribution in [3.63, 3.8) is 0 Å². The maximum Gasteiger partial charge on any atom is 0.420 e. The molecule has 0 radical (unpaired) electrons. The van der Waals surface area contributed by atoms with E-state index in [-0.39, 0.29) is 5.52 Å². The Labute approximate surface area is 180 Å². The maximum absolute atomic E-state index is 12.6. The summed E-state index contributed by atoms with van der Waals surface area (Å²) >= 11 is 0. The molecule has 0 heterocycles. The van der Waals surface area contributed by atoms with Gasteiger partial charge >= 0.3 is 13.3 Å². The largest absolute Gasteiger partial charge is 0.420 e. The second-order valence-corrected chi connectivity index (χ2v) is 10.9. The third-order valence-corrected chi connectivity index (χ3v) is 7.96. The van der Waals surface area contributed by atoms with Crippen molar-refractivity contribution in [1.82, 2.24) is 0 Å². The van der Waals surface area contributed by atoms with Crippen LogP contribution in [0.3, 0.4) is 0 Å². The summed E-state index contributed by atoms with van der Waals surface area (Å²) in [6.07, 6.45) is 19.4. The summed E-state index contributed by atoms with van der Waals surface area (Å²) in [5.41, 5.74) is 3.61. The van der Waals surface area contributed by atoms with Crippen LogP contribution in [0.1, 0.15) is 117 Å². The Hall–Kier alpha value is -1.01. The first-order valence-electron chi connectivity index (χ1n) is 12.1. The van der Waals surface area contributed by atoms with E-state index in [1.165, 1.54) is 77.0 Å². The summed E-state index contributed by atoms with van der Waals surface area (Å²) in [5.74, 6) is 1.03. The molecule has 0 spiro atoms. The Morgan fingerprint density at radius 3 is 1.93 bits per heavy atom. The number of carbonyl (C=O) groups is 1. The molecule has 0 N–H and O–H groups in total. The molecule has 1 aliphatic rings. The number of carbonyl (C=O) groups excluding carboxylic acids is 1. The highest BCUT2D eigenvalue weighted by atomic mass is 31.1. The lowest BCUT2D eigenvalue weighted by Crippen LogP contribution is -2.05. The van der Waals surface area contributed by atoms with Crippen LogP contribution >= 0.6 is 7.80 Å². The molecule has 1 unspecified atom stereocenters. The van der Waals surface area contributed by atoms with E-state index in [0.717, 1.165) is 35.4 Å². The summed E-state index contributed by atoms with van der Waals surface area (Å²) in [4.78, 5) is 12.6. The average Bonchev–Trinajstić information content (AvgIpc) is 2.69. The molecule has 1 aromatic rings. The van der Waals surface area contributed by atoms with E-state index in [2.05, 4.69) is 0 Å². The molecule has 1 atom stereocenters. The lowest BCUT2D eigenvalue weighted by molar-refractivity contribution is 0.107. The van der Waals surface area contributed by atoms with Gasteiger partial charge in [-0.2, -0.15) is 0 Å². The topological polar surface area (TPSA) is 34.1 Å². The van der Waals surface area contributed by atoms with Gasteiger partial charge in [0.25, 0.3) is 0 Å². The molecule has 0 amide bonds. The van der Waals surface area contributed by atoms with Crippen LogP contribution in [0.15, 0.2) is 12.1 Å². The van der Waals surface area contributed by atoms with Gasteiger partial charge in [0.1, 0.15) is 0 Å². The highest BCUT2D eigenvalue weighted by Gasteiger charge is 2.31. The van der Waals surface area contributed by atoms with Gasteiger partial charge in [-0.15, -0.1) is 0 Å². The number of hydrogen-bond acceptors (Lipinski definition) is 2. The summed E-state index contributed by atoms with van der Waals surface area (Å²) < 4.78 is 12.5. The monoisotopic (exact) mass is 417 g/mol. The zero-order valence-corrected chi connectivity index (χ0v) is 20.0. The minimum Gasteiger partial charge on any atom is -0.234 e. The Morgan fingerprint density at radius 2 is 1.34 bits per heavy atom. The number of hydrogen-bond donors (Lipinski definition) is 0. The van der Waals surface area contributed by atoms with Crippen molar-refractivity contribution in [3.05, 3.63) is 34.4 Å². The SMILES string of the molecule is Cc1cc(C)c(C(=O)[P+](=O)CCCCCCCCCCC2CCCCC2)c(C)c1. The second-order valence-electron chi connectivity index (χ2n) is 9.30. The quantitative estimate of drug-likeness (QED) is 0.238. The summed E-state index contributed by atoms with van der Waals surface area (Å²) in [6.45, 7) is 5.93. The van der Waals surface area contributed by atoms with Crippen molar-refractivity contribution in [1.29, 1.82) is 0 Å². The zero-order valence-electron chi connectivity index (χ0n) is 19.1. The third kappa shape index (κ3) is 8.71. The van der Waals surface area contributed by atoms with Crippen molar-refractivity contribution in [2.45, 2.75) is 111 Å². The van der Waals surface area contributed by atoms with E-state index >= 15 is 0 Å². The van der Waals surface area contributed by atoms with E-state index < -0.39 is 7.80 Å². The number of unbranched alkanes of at least 4 members (excludes halogenated alkanes) is 7. The average molecular weight is 418 g/mol. The maximum atomic E-state index is 12.6. The smallest absolute Gasteiger partial charge is 0.234 e. The normalized spacial score (nSPS) is 15.5. The molecule has 0 bridgehead atoms. The molecule has 29 heavy (non-hydrogen) atoms. The van der Waals surface area contributed by atoms with Crippen LogP contribution in [0.4, 0.5) is 0 Å². The first-order chi connectivity index (χ1) is 14.0. The van der Waals surface area contributed by atoms with Gasteiger partial charge in [0.05, 0.1) is 5.56 Å². The minimum atomic E-state index is -1.79. The molecule has 2 nitrogen and oxygen atoms in total. The van der Waals surface area contributed by atoms with Crippen LogP contribution in [0.2, 0.25) is 0 Å². The van der Waals surface area contributed by atoms with Crippen LogP contribution in [-0.4, -0.2) is 11.7 Å². The van der Waals surface area contributed by atoms with Crippen LogP contribution in [0.25, 0.3) is 0 Å². The molecule has 0 aliphatic heterocycles. The minimum absolute atomic E-state index is 0.145. The molecule has 1 saturated carbocycles. The van der Waals surface area contributed by atoms with Gasteiger partial charge in [-0.1, -0.05) is 99.3 Å². The van der Waals surface area contributed by atoms with Gasteiger partial charge in [0.15, 0.2) is 6.16 Å². The molecular weight excluding hydrogens is 375 g/mol. The molecule has 1 aliphatic carbocycles. The van der Waals surface area contributed by atoms with Gasteiger partial charge in [0, 0.05) is 0 Å². The van der Waals surface area contributed by atoms with Crippen molar-refractivity contribution in [2.75, 3.05) is 6.16 Å². The van der Waals surface area contributed by atoms with E-state index in [9.17, 15) is 9.36 Å². The van der Waals surface area contributed by atoms with Gasteiger partial charge < -0.3 is 0 Å². The van der Waals surface area contributed by atoms with E-state index in [1.807, 2.05) is 32.9 Å². The van der Waals surface area contributed by atoms with E-state index in [4.69, 9.17) is 0 Å². The predicted molar refractivity (Wildman–Crippen MR) is 126 cm³/mol.